The highest BCUT2D eigenvalue weighted by Gasteiger charge is 2.27. The van der Waals surface area contributed by atoms with Gasteiger partial charge >= 0.3 is 0 Å². The first-order chi connectivity index (χ1) is 8.59. The van der Waals surface area contributed by atoms with E-state index in [4.69, 9.17) is 0 Å². The minimum atomic E-state index is -0.0331. The summed E-state index contributed by atoms with van der Waals surface area (Å²) < 4.78 is 0. The Morgan fingerprint density at radius 1 is 1.56 bits per heavy atom. The lowest BCUT2D eigenvalue weighted by molar-refractivity contribution is 0.0924. The highest BCUT2D eigenvalue weighted by atomic mass is 16.1. The molecule has 0 bridgehead atoms. The molecule has 1 aliphatic rings. The van der Waals surface area contributed by atoms with E-state index in [1.165, 1.54) is 6.42 Å². The van der Waals surface area contributed by atoms with Crippen LogP contribution in [0.25, 0.3) is 0 Å². The van der Waals surface area contributed by atoms with E-state index < -0.39 is 0 Å². The third-order valence-corrected chi connectivity index (χ3v) is 3.53. The monoisotopic (exact) mass is 247 g/mol. The Kier molecular flexibility index (Phi) is 3.97. The second-order valence-corrected chi connectivity index (χ2v) is 5.46. The topological polar surface area (TPSA) is 54.0 Å². The van der Waals surface area contributed by atoms with Crippen LogP contribution < -0.4 is 10.6 Å². The predicted octanol–water partition coefficient (Wildman–Crippen LogP) is 1.51. The van der Waals surface area contributed by atoms with E-state index in [0.29, 0.717) is 12.1 Å². The fraction of sp³-hybridized carbons (Fsp3) is 0.571. The number of carbonyl (C=O) groups excluding carboxylic acids is 1. The molecule has 0 saturated carbocycles. The fourth-order valence-corrected chi connectivity index (χ4v) is 2.27. The number of pyridine rings is 1. The molecule has 2 N–H and O–H groups in total. The molecule has 2 heterocycles. The zero-order chi connectivity index (χ0) is 13.0. The molecule has 4 nitrogen and oxygen atoms in total. The zero-order valence-corrected chi connectivity index (χ0v) is 11.1. The van der Waals surface area contributed by atoms with E-state index in [1.807, 2.05) is 19.1 Å². The minimum absolute atomic E-state index is 0.0331. The second kappa shape index (κ2) is 5.48. The van der Waals surface area contributed by atoms with Crippen molar-refractivity contribution in [3.05, 3.63) is 29.6 Å². The van der Waals surface area contributed by atoms with Gasteiger partial charge in [0.15, 0.2) is 0 Å². The first kappa shape index (κ1) is 13.0. The normalized spacial score (nSPS) is 23.7. The first-order valence-electron chi connectivity index (χ1n) is 6.51. The maximum absolute atomic E-state index is 12.0. The average Bonchev–Trinajstić information content (AvgIpc) is 2.38. The van der Waals surface area contributed by atoms with E-state index in [1.54, 1.807) is 6.20 Å². The van der Waals surface area contributed by atoms with Crippen LogP contribution in [-0.4, -0.2) is 30.5 Å². The summed E-state index contributed by atoms with van der Waals surface area (Å²) in [6.45, 7) is 6.90. The molecule has 2 rings (SSSR count). The number of hydrogen-bond acceptors (Lipinski definition) is 3. The van der Waals surface area contributed by atoms with Crippen LogP contribution in [0.5, 0.6) is 0 Å². The first-order valence-corrected chi connectivity index (χ1v) is 6.51. The average molecular weight is 247 g/mol. The molecule has 1 aliphatic heterocycles. The highest BCUT2D eigenvalue weighted by Crippen LogP contribution is 2.24. The molecular weight excluding hydrogens is 226 g/mol. The molecule has 0 radical (unpaired) electrons. The van der Waals surface area contributed by atoms with E-state index in [9.17, 15) is 4.79 Å². The van der Waals surface area contributed by atoms with Crippen LogP contribution in [0.15, 0.2) is 18.3 Å². The van der Waals surface area contributed by atoms with Gasteiger partial charge < -0.3 is 10.6 Å². The number of nitrogens with one attached hydrogen (secondary N) is 2. The van der Waals surface area contributed by atoms with Crippen LogP contribution in [0.4, 0.5) is 0 Å². The Balaban J connectivity index is 1.89. The summed E-state index contributed by atoms with van der Waals surface area (Å²) in [5.41, 5.74) is 1.73. The van der Waals surface area contributed by atoms with Gasteiger partial charge in [-0.25, -0.2) is 0 Å². The summed E-state index contributed by atoms with van der Waals surface area (Å²) in [6.07, 6.45) is 3.97. The Morgan fingerprint density at radius 3 is 3.00 bits per heavy atom. The standard InChI is InChI=1S/C14H21N3O/c1-11-4-5-12(8-16-11)13(18)17-10-14(2)6-3-7-15-9-14/h4-5,8,15H,3,6-7,9-10H2,1-2H3,(H,17,18). The molecule has 18 heavy (non-hydrogen) atoms. The van der Waals surface area contributed by atoms with Crippen molar-refractivity contribution in [2.75, 3.05) is 19.6 Å². The summed E-state index contributed by atoms with van der Waals surface area (Å²) in [5.74, 6) is -0.0331. The van der Waals surface area contributed by atoms with Gasteiger partial charge in [-0.2, -0.15) is 0 Å². The number of rotatable bonds is 3. The number of nitrogens with zero attached hydrogens (tertiary/aromatic N) is 1. The van der Waals surface area contributed by atoms with Crippen LogP contribution in [0.2, 0.25) is 0 Å². The molecule has 0 aromatic carbocycles. The van der Waals surface area contributed by atoms with Crippen LogP contribution in [0.1, 0.15) is 35.8 Å². The largest absolute Gasteiger partial charge is 0.351 e. The number of amides is 1. The Hall–Kier alpha value is -1.42. The Bertz CT molecular complexity index is 408. The van der Waals surface area contributed by atoms with Crippen LogP contribution in [-0.2, 0) is 0 Å². The van der Waals surface area contributed by atoms with Gasteiger partial charge in [0, 0.05) is 25.0 Å². The summed E-state index contributed by atoms with van der Waals surface area (Å²) in [6, 6.07) is 3.68. The molecule has 1 saturated heterocycles. The molecule has 1 aromatic heterocycles. The Labute approximate surface area is 108 Å². The van der Waals surface area contributed by atoms with Gasteiger partial charge in [0.2, 0.25) is 0 Å². The SMILES string of the molecule is Cc1ccc(C(=O)NCC2(C)CCCNC2)cn1. The molecule has 98 valence electrons. The van der Waals surface area contributed by atoms with Crippen molar-refractivity contribution >= 4 is 5.91 Å². The molecule has 1 unspecified atom stereocenters. The van der Waals surface area contributed by atoms with Crippen molar-refractivity contribution in [3.63, 3.8) is 0 Å². The maximum Gasteiger partial charge on any atom is 0.252 e. The summed E-state index contributed by atoms with van der Waals surface area (Å²) in [4.78, 5) is 16.1. The lowest BCUT2D eigenvalue weighted by Gasteiger charge is -2.34. The highest BCUT2D eigenvalue weighted by molar-refractivity contribution is 5.93. The van der Waals surface area contributed by atoms with E-state index in [0.717, 1.165) is 25.2 Å². The van der Waals surface area contributed by atoms with Crippen molar-refractivity contribution in [3.8, 4) is 0 Å². The van der Waals surface area contributed by atoms with Crippen molar-refractivity contribution < 1.29 is 4.79 Å². The van der Waals surface area contributed by atoms with Crippen molar-refractivity contribution in [1.29, 1.82) is 0 Å². The minimum Gasteiger partial charge on any atom is -0.351 e. The smallest absolute Gasteiger partial charge is 0.252 e. The van der Waals surface area contributed by atoms with Crippen LogP contribution in [0.3, 0.4) is 0 Å². The molecule has 0 aliphatic carbocycles. The lowest BCUT2D eigenvalue weighted by Crippen LogP contribution is -2.45. The number of aromatic nitrogens is 1. The van der Waals surface area contributed by atoms with Gasteiger partial charge in [0.25, 0.3) is 5.91 Å². The van der Waals surface area contributed by atoms with Gasteiger partial charge in [-0.3, -0.25) is 9.78 Å². The number of carbonyl (C=O) groups is 1. The van der Waals surface area contributed by atoms with Gasteiger partial charge in [0.05, 0.1) is 5.56 Å². The summed E-state index contributed by atoms with van der Waals surface area (Å²) in [7, 11) is 0. The molecule has 1 fully saturated rings. The molecule has 1 amide bonds. The van der Waals surface area contributed by atoms with Gasteiger partial charge in [-0.05, 0) is 43.9 Å². The van der Waals surface area contributed by atoms with E-state index >= 15 is 0 Å². The van der Waals surface area contributed by atoms with Crippen molar-refractivity contribution in [2.45, 2.75) is 26.7 Å². The summed E-state index contributed by atoms with van der Waals surface area (Å²) >= 11 is 0. The van der Waals surface area contributed by atoms with Crippen molar-refractivity contribution in [1.82, 2.24) is 15.6 Å². The molecule has 4 heteroatoms. The third kappa shape index (κ3) is 3.29. The molecule has 0 spiro atoms. The quantitative estimate of drug-likeness (QED) is 0.851. The van der Waals surface area contributed by atoms with Crippen LogP contribution >= 0.6 is 0 Å². The number of hydrogen-bond donors (Lipinski definition) is 2. The van der Waals surface area contributed by atoms with E-state index in [-0.39, 0.29) is 11.3 Å². The van der Waals surface area contributed by atoms with Gasteiger partial charge in [-0.15, -0.1) is 0 Å². The Morgan fingerprint density at radius 2 is 2.39 bits per heavy atom. The lowest BCUT2D eigenvalue weighted by atomic mass is 9.83. The third-order valence-electron chi connectivity index (χ3n) is 3.53. The maximum atomic E-state index is 12.0. The number of aryl methyl sites for hydroxylation is 1. The number of piperidine rings is 1. The van der Waals surface area contributed by atoms with Crippen LogP contribution in [0, 0.1) is 12.3 Å². The molecule has 1 aromatic rings. The van der Waals surface area contributed by atoms with Gasteiger partial charge in [-0.1, -0.05) is 6.92 Å². The fourth-order valence-electron chi connectivity index (χ4n) is 2.27. The van der Waals surface area contributed by atoms with Crippen molar-refractivity contribution in [2.24, 2.45) is 5.41 Å². The second-order valence-electron chi connectivity index (χ2n) is 5.46. The molecule has 1 atom stereocenters. The predicted molar refractivity (Wildman–Crippen MR) is 71.5 cm³/mol. The van der Waals surface area contributed by atoms with E-state index in [2.05, 4.69) is 22.5 Å². The van der Waals surface area contributed by atoms with Gasteiger partial charge in [0.1, 0.15) is 0 Å². The molecular formula is C14H21N3O. The summed E-state index contributed by atoms with van der Waals surface area (Å²) in [5, 5.41) is 6.39. The zero-order valence-electron chi connectivity index (χ0n) is 11.1.